The molecular formula is C27H21F3N4O2. The minimum absolute atomic E-state index is 0.387. The van der Waals surface area contributed by atoms with Crippen molar-refractivity contribution in [3.63, 3.8) is 0 Å². The van der Waals surface area contributed by atoms with E-state index in [9.17, 15) is 28.5 Å². The number of anilines is 2. The largest absolute Gasteiger partial charge is 0.573 e. The van der Waals surface area contributed by atoms with Crippen molar-refractivity contribution in [3.8, 4) is 17.9 Å². The van der Waals surface area contributed by atoms with Crippen LogP contribution in [0.2, 0.25) is 0 Å². The van der Waals surface area contributed by atoms with Gasteiger partial charge in [-0.1, -0.05) is 19.1 Å². The molecule has 6 nitrogen and oxygen atoms in total. The zero-order chi connectivity index (χ0) is 26.1. The molecule has 2 amide bonds. The molecule has 1 aliphatic rings. The van der Waals surface area contributed by atoms with Gasteiger partial charge in [-0.25, -0.2) is 4.79 Å². The van der Waals surface area contributed by atoms with E-state index in [1.807, 2.05) is 26.0 Å². The van der Waals surface area contributed by atoms with Crippen molar-refractivity contribution in [2.24, 2.45) is 0 Å². The standard InChI is InChI=1S/C27H21F3N4O2/c1-3-26(2)24(20-5-4-6-23(15-20)36-27(28,29)30)33(21-11-7-18(16-31)8-12-21)25(35)34(26)22-13-9-19(17-32)10-14-22/h4-15,24H,3H2,1-2H3/t24-,26-/m0/s1. The lowest BCUT2D eigenvalue weighted by atomic mass is 9.83. The molecule has 1 heterocycles. The number of amides is 2. The molecule has 0 saturated carbocycles. The van der Waals surface area contributed by atoms with Crippen LogP contribution in [0.4, 0.5) is 29.3 Å². The van der Waals surface area contributed by atoms with Crippen LogP contribution in [-0.2, 0) is 0 Å². The third-order valence-corrected chi connectivity index (χ3v) is 6.41. The SMILES string of the molecule is CC[C@@]1(C)[C@H](c2cccc(OC(F)(F)F)c2)N(c2ccc(C#N)cc2)C(=O)N1c1ccc(C#N)cc1. The summed E-state index contributed by atoms with van der Waals surface area (Å²) in [7, 11) is 0. The number of halogens is 3. The van der Waals surface area contributed by atoms with Crippen molar-refractivity contribution in [1.29, 1.82) is 10.5 Å². The van der Waals surface area contributed by atoms with Crippen LogP contribution < -0.4 is 14.5 Å². The van der Waals surface area contributed by atoms with E-state index in [4.69, 9.17) is 0 Å². The Balaban J connectivity index is 1.90. The fourth-order valence-corrected chi connectivity index (χ4v) is 4.62. The zero-order valence-electron chi connectivity index (χ0n) is 19.5. The molecule has 0 N–H and O–H groups in total. The molecule has 0 aromatic heterocycles. The fourth-order valence-electron chi connectivity index (χ4n) is 4.62. The molecule has 1 aliphatic heterocycles. The Labute approximate surface area is 206 Å². The Morgan fingerprint density at radius 2 is 1.50 bits per heavy atom. The summed E-state index contributed by atoms with van der Waals surface area (Å²) in [5.74, 6) is -0.387. The second-order valence-corrected chi connectivity index (χ2v) is 8.54. The van der Waals surface area contributed by atoms with Crippen molar-refractivity contribution in [3.05, 3.63) is 89.5 Å². The number of hydrogen-bond acceptors (Lipinski definition) is 4. The summed E-state index contributed by atoms with van der Waals surface area (Å²) in [6.07, 6.45) is -4.40. The van der Waals surface area contributed by atoms with Gasteiger partial charge in [0, 0.05) is 11.4 Å². The van der Waals surface area contributed by atoms with Gasteiger partial charge in [0.1, 0.15) is 5.75 Å². The molecule has 0 aliphatic carbocycles. The van der Waals surface area contributed by atoms with Crippen LogP contribution in [0.1, 0.15) is 43.0 Å². The number of carbonyl (C=O) groups is 1. The summed E-state index contributed by atoms with van der Waals surface area (Å²) in [5.41, 5.74) is 1.44. The number of nitriles is 2. The first kappa shape index (κ1) is 24.6. The molecule has 182 valence electrons. The number of ether oxygens (including phenoxy) is 1. The first-order chi connectivity index (χ1) is 17.1. The lowest BCUT2D eigenvalue weighted by molar-refractivity contribution is -0.274. The van der Waals surface area contributed by atoms with Crippen LogP contribution in [0.5, 0.6) is 5.75 Å². The van der Waals surface area contributed by atoms with Gasteiger partial charge >= 0.3 is 12.4 Å². The predicted octanol–water partition coefficient (Wildman–Crippen LogP) is 6.69. The van der Waals surface area contributed by atoms with E-state index in [0.29, 0.717) is 34.5 Å². The smallest absolute Gasteiger partial charge is 0.406 e. The molecule has 4 rings (SSSR count). The average Bonchev–Trinajstić information content (AvgIpc) is 3.10. The molecule has 0 bridgehead atoms. The van der Waals surface area contributed by atoms with Gasteiger partial charge in [-0.3, -0.25) is 9.80 Å². The molecule has 1 fully saturated rings. The Kier molecular flexibility index (Phi) is 6.34. The third-order valence-electron chi connectivity index (χ3n) is 6.41. The highest BCUT2D eigenvalue weighted by Crippen LogP contribution is 2.50. The van der Waals surface area contributed by atoms with Crippen LogP contribution >= 0.6 is 0 Å². The van der Waals surface area contributed by atoms with E-state index >= 15 is 0 Å². The highest BCUT2D eigenvalue weighted by atomic mass is 19.4. The fraction of sp³-hybridized carbons (Fsp3) is 0.222. The summed E-state index contributed by atoms with van der Waals surface area (Å²) in [6, 6.07) is 21.6. The first-order valence-electron chi connectivity index (χ1n) is 11.1. The van der Waals surface area contributed by atoms with Crippen LogP contribution in [0.3, 0.4) is 0 Å². The number of urea groups is 1. The van der Waals surface area contributed by atoms with E-state index in [1.165, 1.54) is 23.1 Å². The van der Waals surface area contributed by atoms with Gasteiger partial charge in [0.15, 0.2) is 0 Å². The topological polar surface area (TPSA) is 80.4 Å². The van der Waals surface area contributed by atoms with Gasteiger partial charge < -0.3 is 4.74 Å². The second-order valence-electron chi connectivity index (χ2n) is 8.54. The molecule has 3 aromatic carbocycles. The minimum atomic E-state index is -4.86. The summed E-state index contributed by atoms with van der Waals surface area (Å²) in [4.78, 5) is 17.1. The van der Waals surface area contributed by atoms with Gasteiger partial charge in [-0.05, 0) is 79.6 Å². The highest BCUT2D eigenvalue weighted by Gasteiger charge is 2.55. The number of benzene rings is 3. The minimum Gasteiger partial charge on any atom is -0.406 e. The Morgan fingerprint density at radius 1 is 0.944 bits per heavy atom. The number of rotatable bonds is 5. The van der Waals surface area contributed by atoms with Crippen molar-refractivity contribution in [1.82, 2.24) is 0 Å². The summed E-state index contributed by atoms with van der Waals surface area (Å²) >= 11 is 0. The number of alkyl halides is 3. The number of nitrogens with zero attached hydrogens (tertiary/aromatic N) is 4. The number of hydrogen-bond donors (Lipinski definition) is 0. The molecular weight excluding hydrogens is 469 g/mol. The molecule has 9 heteroatoms. The lowest BCUT2D eigenvalue weighted by Gasteiger charge is -2.38. The zero-order valence-corrected chi connectivity index (χ0v) is 19.5. The van der Waals surface area contributed by atoms with Gasteiger partial charge in [-0.15, -0.1) is 13.2 Å². The Hall–Kier alpha value is -4.50. The van der Waals surface area contributed by atoms with Gasteiger partial charge in [0.25, 0.3) is 0 Å². The van der Waals surface area contributed by atoms with Crippen molar-refractivity contribution in [2.45, 2.75) is 38.2 Å². The van der Waals surface area contributed by atoms with Crippen molar-refractivity contribution < 1.29 is 22.7 Å². The maximum atomic E-state index is 14.0. The molecule has 1 saturated heterocycles. The van der Waals surface area contributed by atoms with Crippen LogP contribution in [0, 0.1) is 22.7 Å². The molecule has 2 atom stereocenters. The number of carbonyl (C=O) groups excluding carboxylic acids is 1. The molecule has 0 unspecified atom stereocenters. The quantitative estimate of drug-likeness (QED) is 0.399. The monoisotopic (exact) mass is 490 g/mol. The van der Waals surface area contributed by atoms with Crippen molar-refractivity contribution >= 4 is 17.4 Å². The first-order valence-corrected chi connectivity index (χ1v) is 11.1. The van der Waals surface area contributed by atoms with E-state index < -0.39 is 17.9 Å². The highest BCUT2D eigenvalue weighted by molar-refractivity contribution is 6.08. The van der Waals surface area contributed by atoms with E-state index in [2.05, 4.69) is 4.74 Å². The molecule has 0 spiro atoms. The van der Waals surface area contributed by atoms with Gasteiger partial charge in [0.05, 0.1) is 34.8 Å². The average molecular weight is 490 g/mol. The third kappa shape index (κ3) is 4.44. The maximum Gasteiger partial charge on any atom is 0.573 e. The van der Waals surface area contributed by atoms with Crippen LogP contribution in [0.25, 0.3) is 0 Å². The second kappa shape index (κ2) is 9.27. The van der Waals surface area contributed by atoms with Crippen LogP contribution in [-0.4, -0.2) is 17.9 Å². The van der Waals surface area contributed by atoms with E-state index in [1.54, 1.807) is 59.5 Å². The van der Waals surface area contributed by atoms with E-state index in [-0.39, 0.29) is 11.8 Å². The van der Waals surface area contributed by atoms with E-state index in [0.717, 1.165) is 0 Å². The molecule has 0 radical (unpaired) electrons. The summed E-state index contributed by atoms with van der Waals surface area (Å²) < 4.78 is 43.0. The predicted molar refractivity (Wildman–Crippen MR) is 127 cm³/mol. The lowest BCUT2D eigenvalue weighted by Crippen LogP contribution is -2.45. The molecule has 3 aromatic rings. The normalized spacial score (nSPS) is 19.6. The summed E-state index contributed by atoms with van der Waals surface area (Å²) in [6.45, 7) is 3.77. The summed E-state index contributed by atoms with van der Waals surface area (Å²) in [5, 5.41) is 18.4. The molecule has 36 heavy (non-hydrogen) atoms. The Bertz CT molecular complexity index is 1360. The van der Waals surface area contributed by atoms with Crippen LogP contribution in [0.15, 0.2) is 72.8 Å². The van der Waals surface area contributed by atoms with Crippen molar-refractivity contribution in [2.75, 3.05) is 9.80 Å². The maximum absolute atomic E-state index is 14.0. The van der Waals surface area contributed by atoms with Gasteiger partial charge in [-0.2, -0.15) is 10.5 Å². The Morgan fingerprint density at radius 3 is 2.00 bits per heavy atom. The van der Waals surface area contributed by atoms with Gasteiger partial charge in [0.2, 0.25) is 0 Å².